The van der Waals surface area contributed by atoms with Gasteiger partial charge >= 0.3 is 11.9 Å². The topological polar surface area (TPSA) is 52.6 Å². The van der Waals surface area contributed by atoms with Gasteiger partial charge in [-0.25, -0.2) is 9.59 Å². The van der Waals surface area contributed by atoms with Gasteiger partial charge in [0.15, 0.2) is 0 Å². The molecule has 0 fully saturated rings. The normalized spacial score (nSPS) is 11.1. The maximum atomic E-state index is 12.8. The Morgan fingerprint density at radius 3 is 1.67 bits per heavy atom. The lowest BCUT2D eigenvalue weighted by atomic mass is 9.86. The molecular weight excluding hydrogens is 376 g/mol. The largest absolute Gasteiger partial charge is 0.462 e. The summed E-state index contributed by atoms with van der Waals surface area (Å²) in [4.78, 5) is 25.0. The van der Waals surface area contributed by atoms with Crippen molar-refractivity contribution in [2.75, 3.05) is 6.61 Å². The van der Waals surface area contributed by atoms with Gasteiger partial charge in [-0.1, -0.05) is 63.1 Å². The summed E-state index contributed by atoms with van der Waals surface area (Å²) in [5.41, 5.74) is 0.611. The fraction of sp³-hybridized carbons (Fsp3) is 0.462. The molecule has 2 rings (SSSR count). The first-order valence-electron chi connectivity index (χ1n) is 11.1. The van der Waals surface area contributed by atoms with Crippen molar-refractivity contribution in [1.29, 1.82) is 0 Å². The van der Waals surface area contributed by atoms with Crippen LogP contribution in [-0.4, -0.2) is 24.1 Å². The average Bonchev–Trinajstić information content (AvgIpc) is 2.80. The molecule has 0 saturated heterocycles. The quantitative estimate of drug-likeness (QED) is 0.276. The first kappa shape index (κ1) is 23.7. The standard InChI is InChI=1S/C26H34O4/c1-3-5-18-26(19-6-4-2,30-25(28)23-16-11-8-12-17-23)20-13-21-29-24(27)22-14-9-7-10-15-22/h7-12,14-17H,3-6,13,18-21H2,1-2H3. The van der Waals surface area contributed by atoms with Gasteiger partial charge in [-0.2, -0.15) is 0 Å². The van der Waals surface area contributed by atoms with Crippen LogP contribution in [0.1, 0.15) is 85.9 Å². The summed E-state index contributed by atoms with van der Waals surface area (Å²) in [7, 11) is 0. The lowest BCUT2D eigenvalue weighted by Gasteiger charge is -2.34. The number of carbonyl (C=O) groups excluding carboxylic acids is 2. The zero-order valence-electron chi connectivity index (χ0n) is 18.3. The van der Waals surface area contributed by atoms with Crippen molar-refractivity contribution in [3.63, 3.8) is 0 Å². The summed E-state index contributed by atoms with van der Waals surface area (Å²) in [5, 5.41) is 0. The number of rotatable bonds is 13. The molecular formula is C26H34O4. The molecule has 0 heterocycles. The molecule has 0 saturated carbocycles. The molecule has 0 spiro atoms. The summed E-state index contributed by atoms with van der Waals surface area (Å²) in [5.74, 6) is -0.589. The highest BCUT2D eigenvalue weighted by molar-refractivity contribution is 5.90. The number of hydrogen-bond donors (Lipinski definition) is 0. The number of ether oxygens (including phenoxy) is 2. The second-order valence-corrected chi connectivity index (χ2v) is 7.75. The maximum Gasteiger partial charge on any atom is 0.338 e. The number of carbonyl (C=O) groups is 2. The van der Waals surface area contributed by atoms with Crippen molar-refractivity contribution in [2.24, 2.45) is 0 Å². The minimum Gasteiger partial charge on any atom is -0.462 e. The van der Waals surface area contributed by atoms with Gasteiger partial charge in [0.05, 0.1) is 17.7 Å². The average molecular weight is 411 g/mol. The number of unbranched alkanes of at least 4 members (excludes halogenated alkanes) is 2. The Morgan fingerprint density at radius 1 is 0.700 bits per heavy atom. The Hall–Kier alpha value is -2.62. The van der Waals surface area contributed by atoms with Crippen LogP contribution in [0.2, 0.25) is 0 Å². The van der Waals surface area contributed by atoms with E-state index < -0.39 is 5.60 Å². The Morgan fingerprint density at radius 2 is 1.17 bits per heavy atom. The van der Waals surface area contributed by atoms with Crippen LogP contribution in [-0.2, 0) is 9.47 Å². The third kappa shape index (κ3) is 7.66. The van der Waals surface area contributed by atoms with Crippen LogP contribution < -0.4 is 0 Å². The van der Waals surface area contributed by atoms with Crippen LogP contribution >= 0.6 is 0 Å². The van der Waals surface area contributed by atoms with Crippen molar-refractivity contribution < 1.29 is 19.1 Å². The molecule has 4 nitrogen and oxygen atoms in total. The van der Waals surface area contributed by atoms with Crippen molar-refractivity contribution in [2.45, 2.75) is 70.8 Å². The van der Waals surface area contributed by atoms with Gasteiger partial charge in [-0.05, 0) is 62.8 Å². The molecule has 4 heteroatoms. The Bertz CT molecular complexity index is 747. The molecule has 2 aromatic carbocycles. The summed E-state index contributed by atoms with van der Waals surface area (Å²) in [6.07, 6.45) is 7.08. The van der Waals surface area contributed by atoms with Crippen molar-refractivity contribution in [3.8, 4) is 0 Å². The zero-order valence-corrected chi connectivity index (χ0v) is 18.3. The van der Waals surface area contributed by atoms with E-state index in [4.69, 9.17) is 9.47 Å². The second-order valence-electron chi connectivity index (χ2n) is 7.75. The summed E-state index contributed by atoms with van der Waals surface area (Å²) in [6, 6.07) is 18.2. The first-order chi connectivity index (χ1) is 14.6. The fourth-order valence-corrected chi connectivity index (χ4v) is 3.57. The Labute approximate surface area is 180 Å². The predicted octanol–water partition coefficient (Wildman–Crippen LogP) is 6.60. The molecule has 0 bridgehead atoms. The smallest absolute Gasteiger partial charge is 0.338 e. The molecule has 2 aromatic rings. The Balaban J connectivity index is 2.01. The lowest BCUT2D eigenvalue weighted by Crippen LogP contribution is -2.36. The van der Waals surface area contributed by atoms with Crippen LogP contribution in [0.4, 0.5) is 0 Å². The van der Waals surface area contributed by atoms with E-state index in [1.165, 1.54) is 0 Å². The van der Waals surface area contributed by atoms with Crippen LogP contribution in [0.15, 0.2) is 60.7 Å². The maximum absolute atomic E-state index is 12.8. The van der Waals surface area contributed by atoms with Gasteiger partial charge in [0.2, 0.25) is 0 Å². The van der Waals surface area contributed by atoms with Crippen molar-refractivity contribution in [1.82, 2.24) is 0 Å². The monoisotopic (exact) mass is 410 g/mol. The van der Waals surface area contributed by atoms with Gasteiger partial charge in [-0.15, -0.1) is 0 Å². The summed E-state index contributed by atoms with van der Waals surface area (Å²) in [6.45, 7) is 4.60. The van der Waals surface area contributed by atoms with E-state index in [1.807, 2.05) is 36.4 Å². The zero-order chi connectivity index (χ0) is 21.7. The van der Waals surface area contributed by atoms with E-state index >= 15 is 0 Å². The van der Waals surface area contributed by atoms with E-state index in [-0.39, 0.29) is 11.9 Å². The highest BCUT2D eigenvalue weighted by Gasteiger charge is 2.33. The highest BCUT2D eigenvalue weighted by atomic mass is 16.6. The number of benzene rings is 2. The Kier molecular flexibility index (Phi) is 10.1. The van der Waals surface area contributed by atoms with Gasteiger partial charge in [0, 0.05) is 0 Å². The number of esters is 2. The molecule has 0 aliphatic carbocycles. The fourth-order valence-electron chi connectivity index (χ4n) is 3.57. The third-order valence-corrected chi connectivity index (χ3v) is 5.31. The molecule has 0 aliphatic heterocycles. The molecule has 162 valence electrons. The number of hydrogen-bond acceptors (Lipinski definition) is 4. The van der Waals surface area contributed by atoms with E-state index in [1.54, 1.807) is 24.3 Å². The van der Waals surface area contributed by atoms with Crippen LogP contribution in [0.3, 0.4) is 0 Å². The molecule has 0 unspecified atom stereocenters. The molecule has 30 heavy (non-hydrogen) atoms. The lowest BCUT2D eigenvalue weighted by molar-refractivity contribution is -0.0380. The summed E-state index contributed by atoms with van der Waals surface area (Å²) < 4.78 is 11.6. The van der Waals surface area contributed by atoms with Gasteiger partial charge < -0.3 is 9.47 Å². The van der Waals surface area contributed by atoms with E-state index in [2.05, 4.69) is 13.8 Å². The third-order valence-electron chi connectivity index (χ3n) is 5.31. The van der Waals surface area contributed by atoms with Gasteiger partial charge in [-0.3, -0.25) is 0 Å². The van der Waals surface area contributed by atoms with E-state index in [0.29, 0.717) is 30.6 Å². The minimum atomic E-state index is -0.516. The van der Waals surface area contributed by atoms with Crippen LogP contribution in [0.5, 0.6) is 0 Å². The van der Waals surface area contributed by atoms with Crippen LogP contribution in [0, 0.1) is 0 Å². The van der Waals surface area contributed by atoms with Crippen LogP contribution in [0.25, 0.3) is 0 Å². The minimum absolute atomic E-state index is 0.274. The SMILES string of the molecule is CCCCC(CCCC)(CCCOC(=O)c1ccccc1)OC(=O)c1ccccc1. The molecule has 0 aromatic heterocycles. The second kappa shape index (κ2) is 12.8. The molecule has 0 amide bonds. The molecule has 0 radical (unpaired) electrons. The predicted molar refractivity (Wildman–Crippen MR) is 120 cm³/mol. The highest BCUT2D eigenvalue weighted by Crippen LogP contribution is 2.32. The van der Waals surface area contributed by atoms with Gasteiger partial charge in [0.25, 0.3) is 0 Å². The first-order valence-corrected chi connectivity index (χ1v) is 11.1. The van der Waals surface area contributed by atoms with E-state index in [9.17, 15) is 9.59 Å². The summed E-state index contributed by atoms with van der Waals surface area (Å²) >= 11 is 0. The van der Waals surface area contributed by atoms with Gasteiger partial charge in [0.1, 0.15) is 5.60 Å². The molecule has 0 atom stereocenters. The molecule has 0 N–H and O–H groups in total. The van der Waals surface area contributed by atoms with E-state index in [0.717, 1.165) is 38.5 Å². The van der Waals surface area contributed by atoms with Crippen molar-refractivity contribution in [3.05, 3.63) is 71.8 Å². The van der Waals surface area contributed by atoms with Crippen molar-refractivity contribution >= 4 is 11.9 Å². The molecule has 0 aliphatic rings.